The predicted octanol–water partition coefficient (Wildman–Crippen LogP) is 1.54. The number of carbonyl (C=O) groups is 1. The topological polar surface area (TPSA) is 80.0 Å². The number of aromatic nitrogens is 3. The van der Waals surface area contributed by atoms with E-state index >= 15 is 0 Å². The molecule has 1 heterocycles. The number of hydrogen-bond donors (Lipinski definition) is 2. The summed E-state index contributed by atoms with van der Waals surface area (Å²) < 4.78 is 1.82. The van der Waals surface area contributed by atoms with Gasteiger partial charge in [-0.05, 0) is 38.5 Å². The minimum atomic E-state index is -0.792. The van der Waals surface area contributed by atoms with Gasteiger partial charge in [0.1, 0.15) is 0 Å². The Hall–Kier alpha value is -1.87. The van der Waals surface area contributed by atoms with E-state index in [2.05, 4.69) is 27.5 Å². The molecule has 1 amide bonds. The first-order valence-electron chi connectivity index (χ1n) is 8.66. The van der Waals surface area contributed by atoms with Gasteiger partial charge in [-0.1, -0.05) is 31.4 Å². The van der Waals surface area contributed by atoms with Crippen molar-refractivity contribution in [3.8, 4) is 11.8 Å². The molecule has 2 N–H and O–H groups in total. The molecule has 6 heteroatoms. The Balaban J connectivity index is 1.92. The third-order valence-electron chi connectivity index (χ3n) is 4.07. The van der Waals surface area contributed by atoms with Gasteiger partial charge >= 0.3 is 0 Å². The summed E-state index contributed by atoms with van der Waals surface area (Å²) in [6.45, 7) is 8.17. The lowest BCUT2D eigenvalue weighted by Crippen LogP contribution is -2.38. The van der Waals surface area contributed by atoms with Gasteiger partial charge in [0.05, 0.1) is 11.3 Å². The quantitative estimate of drug-likeness (QED) is 0.802. The van der Waals surface area contributed by atoms with Crippen molar-refractivity contribution < 1.29 is 9.90 Å². The van der Waals surface area contributed by atoms with E-state index in [1.807, 2.05) is 24.7 Å². The average molecular weight is 332 g/mol. The fourth-order valence-electron chi connectivity index (χ4n) is 3.05. The van der Waals surface area contributed by atoms with Crippen LogP contribution >= 0.6 is 0 Å². The highest BCUT2D eigenvalue weighted by Crippen LogP contribution is 2.27. The van der Waals surface area contributed by atoms with E-state index in [1.54, 1.807) is 13.8 Å². The second-order valence-electron chi connectivity index (χ2n) is 7.62. The van der Waals surface area contributed by atoms with Gasteiger partial charge in [0.2, 0.25) is 0 Å². The van der Waals surface area contributed by atoms with E-state index in [0.717, 1.165) is 31.5 Å². The Morgan fingerprint density at radius 2 is 2.25 bits per heavy atom. The van der Waals surface area contributed by atoms with E-state index in [-0.39, 0.29) is 17.9 Å². The highest BCUT2D eigenvalue weighted by atomic mass is 16.3. The number of nitrogens with one attached hydrogen (secondary N) is 1. The minimum absolute atomic E-state index is 0.140. The maximum absolute atomic E-state index is 11.9. The predicted molar refractivity (Wildman–Crippen MR) is 91.9 cm³/mol. The van der Waals surface area contributed by atoms with Crippen LogP contribution in [0.15, 0.2) is 6.20 Å². The number of carbonyl (C=O) groups excluding carboxylic acids is 1. The standard InChI is InChI=1S/C18H28N4O2/c1-13(2)8-9-17(23)19-16-7-5-6-14(16)11-22-12-15(20-21-22)10-18(3,4)24/h12-14,16,24H,5-7,10-11H2,1-4H3,(H,19,23)/t14-,16-/m1/s1. The molecule has 0 spiro atoms. The first-order chi connectivity index (χ1) is 11.2. The lowest BCUT2D eigenvalue weighted by molar-refractivity contribution is -0.116. The molecule has 0 bridgehead atoms. The molecule has 1 aromatic rings. The van der Waals surface area contributed by atoms with Gasteiger partial charge in [-0.2, -0.15) is 0 Å². The normalized spacial score (nSPS) is 20.8. The Morgan fingerprint density at radius 1 is 1.50 bits per heavy atom. The second-order valence-corrected chi connectivity index (χ2v) is 7.62. The van der Waals surface area contributed by atoms with Crippen molar-refractivity contribution >= 4 is 5.91 Å². The lowest BCUT2D eigenvalue weighted by atomic mass is 10.0. The fraction of sp³-hybridized carbons (Fsp3) is 0.722. The highest BCUT2D eigenvalue weighted by molar-refractivity contribution is 5.93. The zero-order valence-corrected chi connectivity index (χ0v) is 15.0. The summed E-state index contributed by atoms with van der Waals surface area (Å²) in [7, 11) is 0. The molecule has 1 aliphatic carbocycles. The molecule has 1 aromatic heterocycles. The van der Waals surface area contributed by atoms with E-state index < -0.39 is 5.60 Å². The molecule has 24 heavy (non-hydrogen) atoms. The Kier molecular flexibility index (Phi) is 6.00. The molecule has 132 valence electrons. The van der Waals surface area contributed by atoms with Gasteiger partial charge in [0.15, 0.2) is 0 Å². The summed E-state index contributed by atoms with van der Waals surface area (Å²) in [5, 5.41) is 21.2. The molecular formula is C18H28N4O2. The van der Waals surface area contributed by atoms with Crippen LogP contribution in [0.1, 0.15) is 52.7 Å². The van der Waals surface area contributed by atoms with Gasteiger partial charge in [-0.15, -0.1) is 5.10 Å². The number of nitrogens with zero attached hydrogens (tertiary/aromatic N) is 3. The molecule has 1 aliphatic rings. The van der Waals surface area contributed by atoms with Crippen molar-refractivity contribution in [1.82, 2.24) is 20.3 Å². The average Bonchev–Trinajstić information content (AvgIpc) is 3.05. The maximum atomic E-state index is 11.9. The van der Waals surface area contributed by atoms with Crippen LogP contribution in [0.25, 0.3) is 0 Å². The Bertz CT molecular complexity index is 619. The minimum Gasteiger partial charge on any atom is -0.390 e. The molecule has 1 saturated carbocycles. The van der Waals surface area contributed by atoms with Gasteiger partial charge < -0.3 is 10.4 Å². The van der Waals surface area contributed by atoms with Gasteiger partial charge in [0, 0.05) is 31.1 Å². The number of rotatable bonds is 5. The number of hydrogen-bond acceptors (Lipinski definition) is 4. The zero-order chi connectivity index (χ0) is 17.7. The van der Waals surface area contributed by atoms with E-state index in [1.165, 1.54) is 0 Å². The third kappa shape index (κ3) is 5.97. The van der Waals surface area contributed by atoms with Gasteiger partial charge in [0.25, 0.3) is 5.91 Å². The number of amides is 1. The van der Waals surface area contributed by atoms with Crippen LogP contribution in [-0.4, -0.2) is 37.7 Å². The highest BCUT2D eigenvalue weighted by Gasteiger charge is 2.29. The van der Waals surface area contributed by atoms with Crippen molar-refractivity contribution in [1.29, 1.82) is 0 Å². The molecule has 2 atom stereocenters. The molecule has 6 nitrogen and oxygen atoms in total. The zero-order valence-electron chi connectivity index (χ0n) is 15.0. The summed E-state index contributed by atoms with van der Waals surface area (Å²) in [5.74, 6) is 5.90. The molecular weight excluding hydrogens is 304 g/mol. The summed E-state index contributed by atoms with van der Waals surface area (Å²) in [6, 6.07) is 0.140. The van der Waals surface area contributed by atoms with Crippen molar-refractivity contribution in [3.05, 3.63) is 11.9 Å². The molecule has 0 aromatic carbocycles. The first kappa shape index (κ1) is 18.5. The van der Waals surface area contributed by atoms with Crippen molar-refractivity contribution in [3.63, 3.8) is 0 Å². The molecule has 0 unspecified atom stereocenters. The van der Waals surface area contributed by atoms with E-state index in [9.17, 15) is 9.90 Å². The summed E-state index contributed by atoms with van der Waals surface area (Å²) in [4.78, 5) is 11.9. The van der Waals surface area contributed by atoms with Crippen LogP contribution in [0.3, 0.4) is 0 Å². The van der Waals surface area contributed by atoms with Crippen LogP contribution < -0.4 is 5.32 Å². The first-order valence-corrected chi connectivity index (χ1v) is 8.66. The van der Waals surface area contributed by atoms with Crippen LogP contribution in [0, 0.1) is 23.7 Å². The van der Waals surface area contributed by atoms with Crippen molar-refractivity contribution in [2.45, 2.75) is 71.6 Å². The molecule has 0 aliphatic heterocycles. The van der Waals surface area contributed by atoms with Crippen molar-refractivity contribution in [2.75, 3.05) is 0 Å². The lowest BCUT2D eigenvalue weighted by Gasteiger charge is -2.19. The van der Waals surface area contributed by atoms with E-state index in [0.29, 0.717) is 12.3 Å². The van der Waals surface area contributed by atoms with Crippen LogP contribution in [0.2, 0.25) is 0 Å². The van der Waals surface area contributed by atoms with Crippen molar-refractivity contribution in [2.24, 2.45) is 11.8 Å². The fourth-order valence-corrected chi connectivity index (χ4v) is 3.05. The summed E-state index contributed by atoms with van der Waals surface area (Å²) >= 11 is 0. The van der Waals surface area contributed by atoms with Gasteiger partial charge in [-0.25, -0.2) is 0 Å². The second kappa shape index (κ2) is 7.80. The smallest absolute Gasteiger partial charge is 0.296 e. The largest absolute Gasteiger partial charge is 0.390 e. The maximum Gasteiger partial charge on any atom is 0.296 e. The summed E-state index contributed by atoms with van der Waals surface area (Å²) in [6.07, 6.45) is 5.49. The Labute approximate surface area is 144 Å². The summed E-state index contributed by atoms with van der Waals surface area (Å²) in [5.41, 5.74) is -0.0105. The molecule has 0 saturated heterocycles. The van der Waals surface area contributed by atoms with Gasteiger partial charge in [-0.3, -0.25) is 9.48 Å². The monoisotopic (exact) mass is 332 g/mol. The van der Waals surface area contributed by atoms with Crippen LogP contribution in [-0.2, 0) is 17.8 Å². The molecule has 0 radical (unpaired) electrons. The Morgan fingerprint density at radius 3 is 2.92 bits per heavy atom. The van der Waals surface area contributed by atoms with Crippen LogP contribution in [0.5, 0.6) is 0 Å². The SMILES string of the molecule is CC(C)C#CC(=O)N[C@@H]1CCC[C@@H]1Cn1cc(CC(C)(C)O)nn1. The number of aliphatic hydroxyl groups is 1. The van der Waals surface area contributed by atoms with E-state index in [4.69, 9.17) is 0 Å². The molecule has 2 rings (SSSR count). The van der Waals surface area contributed by atoms with Crippen LogP contribution in [0.4, 0.5) is 0 Å². The third-order valence-corrected chi connectivity index (χ3v) is 4.07. The molecule has 1 fully saturated rings.